The molecule has 3 aliphatic rings. The first-order valence-electron chi connectivity index (χ1n) is 17.4. The van der Waals surface area contributed by atoms with Crippen molar-refractivity contribution in [3.63, 3.8) is 0 Å². The largest absolute Gasteiger partial charge is 0.212 e. The van der Waals surface area contributed by atoms with Gasteiger partial charge in [0, 0.05) is 26.8 Å². The van der Waals surface area contributed by atoms with Crippen LogP contribution in [0.1, 0.15) is 36.6 Å². The SMILES string of the molecule is C1=CC(c2nc(-c3ccccc3)nc(-c3ccc4c(c3)[Si@@](C3=CCCC=C3)(c3ccccc3)c3ccccc3S4)n2)CC(c2ccccc2)=C1. The molecule has 9 rings (SSSR count). The molecule has 5 aromatic carbocycles. The quantitative estimate of drug-likeness (QED) is 0.165. The van der Waals surface area contributed by atoms with Crippen LogP contribution in [0.2, 0.25) is 0 Å². The second kappa shape index (κ2) is 13.2. The molecule has 1 unspecified atom stereocenters. The first-order chi connectivity index (χ1) is 24.8. The Morgan fingerprint density at radius 1 is 0.600 bits per heavy atom. The van der Waals surface area contributed by atoms with Crippen LogP contribution >= 0.6 is 11.8 Å². The lowest BCUT2D eigenvalue weighted by Gasteiger charge is -2.41. The third-order valence-corrected chi connectivity index (χ3v) is 16.4. The number of fused-ring (bicyclic) bond motifs is 2. The molecule has 3 nitrogen and oxygen atoms in total. The van der Waals surface area contributed by atoms with Crippen molar-refractivity contribution in [3.8, 4) is 22.8 Å². The maximum atomic E-state index is 5.29. The van der Waals surface area contributed by atoms with Crippen molar-refractivity contribution in [3.05, 3.63) is 187 Å². The number of benzene rings is 5. The van der Waals surface area contributed by atoms with E-state index in [-0.39, 0.29) is 5.92 Å². The highest BCUT2D eigenvalue weighted by molar-refractivity contribution is 8.00. The lowest BCUT2D eigenvalue weighted by atomic mass is 9.89. The smallest absolute Gasteiger partial charge is 0.181 e. The summed E-state index contributed by atoms with van der Waals surface area (Å²) in [5.41, 5.74) is 4.54. The lowest BCUT2D eigenvalue weighted by Crippen LogP contribution is -2.70. The molecule has 240 valence electrons. The summed E-state index contributed by atoms with van der Waals surface area (Å²) < 4.78 is 0. The molecule has 2 aliphatic carbocycles. The molecule has 5 heteroatoms. The summed E-state index contributed by atoms with van der Waals surface area (Å²) in [5, 5.41) is 5.71. The average Bonchev–Trinajstić information content (AvgIpc) is 3.21. The highest BCUT2D eigenvalue weighted by atomic mass is 32.2. The van der Waals surface area contributed by atoms with E-state index in [1.165, 1.54) is 41.7 Å². The van der Waals surface area contributed by atoms with Crippen LogP contribution < -0.4 is 15.6 Å². The standard InChI is InChI=1S/C45H35N3SSi/c1-5-16-32(17-6-1)34-20-15-21-35(30-34)44-46-43(33-18-7-2-8-19-33)47-45(48-44)36-28-29-40-42(31-36)50(37-22-9-3-10-23-37,38-24-11-4-12-25-38)41-27-14-13-26-39(41)49-40/h1-3,5-11,13-29,31,35H,4,12,30H2/t35?,50-/m1/s1. The van der Waals surface area contributed by atoms with Crippen molar-refractivity contribution in [2.45, 2.75) is 35.0 Å². The van der Waals surface area contributed by atoms with Crippen molar-refractivity contribution < 1.29 is 0 Å². The van der Waals surface area contributed by atoms with Gasteiger partial charge in [0.2, 0.25) is 0 Å². The molecule has 0 spiro atoms. The first kappa shape index (κ1) is 30.7. The molecule has 0 radical (unpaired) electrons. The van der Waals surface area contributed by atoms with Crippen LogP contribution in [0, 0.1) is 0 Å². The Labute approximate surface area is 298 Å². The summed E-state index contributed by atoms with van der Waals surface area (Å²) in [6.07, 6.45) is 16.9. The van der Waals surface area contributed by atoms with Gasteiger partial charge in [0.1, 0.15) is 5.82 Å². The molecule has 2 heterocycles. The third kappa shape index (κ3) is 5.43. The van der Waals surface area contributed by atoms with Gasteiger partial charge in [-0.2, -0.15) is 0 Å². The van der Waals surface area contributed by atoms with E-state index in [2.05, 4.69) is 152 Å². The summed E-state index contributed by atoms with van der Waals surface area (Å²) in [6, 6.07) is 48.2. The van der Waals surface area contributed by atoms with E-state index in [1.54, 1.807) is 0 Å². The van der Waals surface area contributed by atoms with Crippen LogP contribution in [-0.2, 0) is 0 Å². The molecular weight excluding hydrogens is 643 g/mol. The van der Waals surface area contributed by atoms with Gasteiger partial charge in [-0.15, -0.1) is 0 Å². The summed E-state index contributed by atoms with van der Waals surface area (Å²) in [4.78, 5) is 18.3. The average molecular weight is 678 g/mol. The van der Waals surface area contributed by atoms with Gasteiger partial charge in [-0.05, 0) is 69.4 Å². The second-order valence-electron chi connectivity index (χ2n) is 13.0. The van der Waals surface area contributed by atoms with Gasteiger partial charge in [0.15, 0.2) is 19.7 Å². The Morgan fingerprint density at radius 2 is 1.28 bits per heavy atom. The van der Waals surface area contributed by atoms with Crippen LogP contribution in [0.4, 0.5) is 0 Å². The van der Waals surface area contributed by atoms with Gasteiger partial charge in [0.25, 0.3) is 0 Å². The topological polar surface area (TPSA) is 38.7 Å². The van der Waals surface area contributed by atoms with Gasteiger partial charge in [-0.3, -0.25) is 0 Å². The van der Waals surface area contributed by atoms with Gasteiger partial charge < -0.3 is 0 Å². The minimum Gasteiger partial charge on any atom is -0.212 e. The fourth-order valence-electron chi connectivity index (χ4n) is 7.67. The van der Waals surface area contributed by atoms with Crippen molar-refractivity contribution in [2.75, 3.05) is 0 Å². The molecule has 50 heavy (non-hydrogen) atoms. The van der Waals surface area contributed by atoms with E-state index >= 15 is 0 Å². The zero-order chi connectivity index (χ0) is 33.3. The Kier molecular flexibility index (Phi) is 8.07. The number of allylic oxidation sites excluding steroid dienone is 8. The first-order valence-corrected chi connectivity index (χ1v) is 20.2. The van der Waals surface area contributed by atoms with Crippen LogP contribution in [0.25, 0.3) is 28.3 Å². The van der Waals surface area contributed by atoms with Gasteiger partial charge in [-0.25, -0.2) is 15.0 Å². The molecular formula is C45H35N3SSi. The summed E-state index contributed by atoms with van der Waals surface area (Å²) in [7, 11) is -2.67. The Bertz CT molecular complexity index is 2330. The number of hydrogen-bond donors (Lipinski definition) is 0. The highest BCUT2D eigenvalue weighted by Crippen LogP contribution is 2.39. The fraction of sp³-hybridized carbons (Fsp3) is 0.0889. The number of nitrogens with zero attached hydrogens (tertiary/aromatic N) is 3. The van der Waals surface area contributed by atoms with E-state index < -0.39 is 8.07 Å². The zero-order valence-corrected chi connectivity index (χ0v) is 29.4. The van der Waals surface area contributed by atoms with Crippen LogP contribution in [-0.4, -0.2) is 23.0 Å². The third-order valence-electron chi connectivity index (χ3n) is 10.0. The van der Waals surface area contributed by atoms with Crippen LogP contribution in [0.3, 0.4) is 0 Å². The van der Waals surface area contributed by atoms with Gasteiger partial charge >= 0.3 is 0 Å². The summed E-state index contributed by atoms with van der Waals surface area (Å²) >= 11 is 1.89. The van der Waals surface area contributed by atoms with Crippen molar-refractivity contribution in [2.24, 2.45) is 0 Å². The van der Waals surface area contributed by atoms with Crippen molar-refractivity contribution in [1.82, 2.24) is 15.0 Å². The van der Waals surface area contributed by atoms with Gasteiger partial charge in [0.05, 0.1) is 0 Å². The highest BCUT2D eigenvalue weighted by Gasteiger charge is 2.47. The van der Waals surface area contributed by atoms with E-state index in [1.807, 2.05) is 30.0 Å². The molecule has 0 fully saturated rings. The Morgan fingerprint density at radius 3 is 2.04 bits per heavy atom. The predicted molar refractivity (Wildman–Crippen MR) is 210 cm³/mol. The summed E-state index contributed by atoms with van der Waals surface area (Å²) in [5.74, 6) is 2.26. The molecule has 0 saturated heterocycles. The maximum Gasteiger partial charge on any atom is 0.181 e. The predicted octanol–water partition coefficient (Wildman–Crippen LogP) is 9.08. The number of hydrogen-bond acceptors (Lipinski definition) is 4. The Hall–Kier alpha value is -5.36. The molecule has 1 aromatic heterocycles. The molecule has 2 atom stereocenters. The van der Waals surface area contributed by atoms with Crippen LogP contribution in [0.5, 0.6) is 0 Å². The molecule has 1 aliphatic heterocycles. The minimum absolute atomic E-state index is 0.0368. The minimum atomic E-state index is -2.67. The normalized spacial score (nSPS) is 19.2. The van der Waals surface area contributed by atoms with Crippen LogP contribution in [0.15, 0.2) is 185 Å². The number of aromatic nitrogens is 3. The van der Waals surface area contributed by atoms with E-state index in [0.717, 1.165) is 36.2 Å². The lowest BCUT2D eigenvalue weighted by molar-refractivity contribution is 0.773. The van der Waals surface area contributed by atoms with Crippen molar-refractivity contribution in [1.29, 1.82) is 0 Å². The van der Waals surface area contributed by atoms with E-state index in [0.29, 0.717) is 11.6 Å². The van der Waals surface area contributed by atoms with Gasteiger partial charge in [-0.1, -0.05) is 163 Å². The fourth-order valence-corrected chi connectivity index (χ4v) is 14.8. The second-order valence-corrected chi connectivity index (χ2v) is 17.8. The maximum absolute atomic E-state index is 5.29. The van der Waals surface area contributed by atoms with E-state index in [4.69, 9.17) is 15.0 Å². The monoisotopic (exact) mass is 677 g/mol. The molecule has 0 amide bonds. The zero-order valence-electron chi connectivity index (χ0n) is 27.6. The molecule has 6 aromatic rings. The molecule has 0 N–H and O–H groups in total. The Balaban J connectivity index is 1.23. The van der Waals surface area contributed by atoms with Crippen molar-refractivity contribution >= 4 is 41.0 Å². The number of rotatable bonds is 6. The molecule has 0 bridgehead atoms. The van der Waals surface area contributed by atoms with E-state index in [9.17, 15) is 0 Å². The molecule has 0 saturated carbocycles. The summed E-state index contributed by atoms with van der Waals surface area (Å²) in [6.45, 7) is 0.